The van der Waals surface area contributed by atoms with E-state index in [0.29, 0.717) is 5.82 Å². The van der Waals surface area contributed by atoms with Crippen LogP contribution in [0.15, 0.2) is 11.4 Å². The van der Waals surface area contributed by atoms with Gasteiger partial charge >= 0.3 is 0 Å². The highest BCUT2D eigenvalue weighted by atomic mass is 32.1. The predicted octanol–water partition coefficient (Wildman–Crippen LogP) is 3.12. The molecule has 2 rings (SSSR count). The second kappa shape index (κ2) is 5.52. The molecular formula is C13H19N5S. The van der Waals surface area contributed by atoms with Crippen LogP contribution in [0, 0.1) is 6.92 Å². The van der Waals surface area contributed by atoms with Gasteiger partial charge in [-0.3, -0.25) is 0 Å². The standard InChI is InChI=1S/C13H19N5S/c1-7(2)12-17-10(14)5-11(18-12)16-9(4)13-15-8(3)6-19-13/h5-7,9H,1-4H3,(H3,14,16,17,18). The fraction of sp³-hybridized carbons (Fsp3) is 0.462. The first-order valence-corrected chi connectivity index (χ1v) is 7.16. The fourth-order valence-corrected chi connectivity index (χ4v) is 2.48. The average molecular weight is 277 g/mol. The van der Waals surface area contributed by atoms with Crippen LogP contribution < -0.4 is 11.1 Å². The quantitative estimate of drug-likeness (QED) is 0.898. The lowest BCUT2D eigenvalue weighted by atomic mass is 10.2. The average Bonchev–Trinajstić information content (AvgIpc) is 2.75. The number of anilines is 2. The summed E-state index contributed by atoms with van der Waals surface area (Å²) in [5.41, 5.74) is 6.85. The Kier molecular flexibility index (Phi) is 3.99. The van der Waals surface area contributed by atoms with Gasteiger partial charge in [0, 0.05) is 23.1 Å². The van der Waals surface area contributed by atoms with Crippen molar-refractivity contribution in [2.45, 2.75) is 39.7 Å². The molecule has 102 valence electrons. The molecule has 3 N–H and O–H groups in total. The topological polar surface area (TPSA) is 76.7 Å². The van der Waals surface area contributed by atoms with Crippen LogP contribution in [0.25, 0.3) is 0 Å². The van der Waals surface area contributed by atoms with Crippen molar-refractivity contribution < 1.29 is 0 Å². The van der Waals surface area contributed by atoms with Crippen molar-refractivity contribution in [3.05, 3.63) is 28.0 Å². The second-order valence-corrected chi connectivity index (χ2v) is 5.77. The number of nitrogens with one attached hydrogen (secondary N) is 1. The summed E-state index contributed by atoms with van der Waals surface area (Å²) >= 11 is 1.64. The highest BCUT2D eigenvalue weighted by Crippen LogP contribution is 2.23. The third kappa shape index (κ3) is 3.41. The molecule has 1 unspecified atom stereocenters. The van der Waals surface area contributed by atoms with Gasteiger partial charge in [-0.05, 0) is 13.8 Å². The van der Waals surface area contributed by atoms with E-state index in [2.05, 4.69) is 27.2 Å². The molecule has 0 fully saturated rings. The smallest absolute Gasteiger partial charge is 0.135 e. The zero-order valence-electron chi connectivity index (χ0n) is 11.6. The summed E-state index contributed by atoms with van der Waals surface area (Å²) in [6.07, 6.45) is 0. The number of thiazole rings is 1. The number of hydrogen-bond donors (Lipinski definition) is 2. The number of nitrogen functional groups attached to an aromatic ring is 1. The van der Waals surface area contributed by atoms with Gasteiger partial charge in [0.25, 0.3) is 0 Å². The highest BCUT2D eigenvalue weighted by molar-refractivity contribution is 7.09. The number of rotatable bonds is 4. The van der Waals surface area contributed by atoms with E-state index >= 15 is 0 Å². The number of aryl methyl sites for hydroxylation is 1. The maximum Gasteiger partial charge on any atom is 0.135 e. The van der Waals surface area contributed by atoms with Gasteiger partial charge in [0.05, 0.1) is 6.04 Å². The summed E-state index contributed by atoms with van der Waals surface area (Å²) in [6.45, 7) is 8.15. The molecule has 0 aliphatic carbocycles. The zero-order valence-corrected chi connectivity index (χ0v) is 12.5. The lowest BCUT2D eigenvalue weighted by Crippen LogP contribution is -2.11. The minimum atomic E-state index is 0.105. The lowest BCUT2D eigenvalue weighted by molar-refractivity contribution is 0.770. The maximum atomic E-state index is 5.81. The number of nitrogens with two attached hydrogens (primary N) is 1. The van der Waals surface area contributed by atoms with Gasteiger partial charge in [-0.25, -0.2) is 15.0 Å². The Morgan fingerprint density at radius 3 is 2.53 bits per heavy atom. The van der Waals surface area contributed by atoms with Crippen LogP contribution in [0.1, 0.15) is 49.3 Å². The minimum absolute atomic E-state index is 0.105. The van der Waals surface area contributed by atoms with Gasteiger partial charge < -0.3 is 11.1 Å². The van der Waals surface area contributed by atoms with Crippen molar-refractivity contribution >= 4 is 23.0 Å². The summed E-state index contributed by atoms with van der Waals surface area (Å²) < 4.78 is 0. The molecule has 0 aliphatic heterocycles. The van der Waals surface area contributed by atoms with Gasteiger partial charge in [-0.1, -0.05) is 13.8 Å². The van der Waals surface area contributed by atoms with Crippen molar-refractivity contribution in [2.75, 3.05) is 11.1 Å². The summed E-state index contributed by atoms with van der Waals surface area (Å²) in [7, 11) is 0. The molecular weight excluding hydrogens is 258 g/mol. The molecule has 0 amide bonds. The maximum absolute atomic E-state index is 5.81. The molecule has 0 aromatic carbocycles. The van der Waals surface area contributed by atoms with Crippen LogP contribution in [0.2, 0.25) is 0 Å². The predicted molar refractivity (Wildman–Crippen MR) is 79.4 cm³/mol. The fourth-order valence-electron chi connectivity index (χ4n) is 1.67. The normalized spacial score (nSPS) is 12.7. The molecule has 1 atom stereocenters. The van der Waals surface area contributed by atoms with Crippen molar-refractivity contribution in [2.24, 2.45) is 0 Å². The number of aromatic nitrogens is 3. The van der Waals surface area contributed by atoms with Gasteiger partial charge in [0.1, 0.15) is 22.5 Å². The lowest BCUT2D eigenvalue weighted by Gasteiger charge is -2.14. The third-order valence-corrected chi connectivity index (χ3v) is 3.80. The minimum Gasteiger partial charge on any atom is -0.384 e. The molecule has 0 saturated heterocycles. The van der Waals surface area contributed by atoms with Gasteiger partial charge in [0.15, 0.2) is 0 Å². The van der Waals surface area contributed by atoms with E-state index in [0.717, 1.165) is 22.3 Å². The Bertz CT molecular complexity index is 564. The summed E-state index contributed by atoms with van der Waals surface area (Å²) in [5, 5.41) is 6.41. The highest BCUT2D eigenvalue weighted by Gasteiger charge is 2.12. The number of nitrogens with zero attached hydrogens (tertiary/aromatic N) is 3. The van der Waals surface area contributed by atoms with Crippen LogP contribution >= 0.6 is 11.3 Å². The molecule has 2 aromatic rings. The summed E-state index contributed by atoms with van der Waals surface area (Å²) in [4.78, 5) is 13.2. The first-order chi connectivity index (χ1) is 8.95. The molecule has 6 heteroatoms. The van der Waals surface area contributed by atoms with Gasteiger partial charge in [0.2, 0.25) is 0 Å². The van der Waals surface area contributed by atoms with Crippen molar-refractivity contribution in [3.63, 3.8) is 0 Å². The summed E-state index contributed by atoms with van der Waals surface area (Å²) in [6, 6.07) is 1.86. The van der Waals surface area contributed by atoms with Gasteiger partial charge in [-0.15, -0.1) is 11.3 Å². The van der Waals surface area contributed by atoms with E-state index in [-0.39, 0.29) is 12.0 Å². The number of hydrogen-bond acceptors (Lipinski definition) is 6. The van der Waals surface area contributed by atoms with E-state index in [1.165, 1.54) is 0 Å². The second-order valence-electron chi connectivity index (χ2n) is 4.88. The van der Waals surface area contributed by atoms with E-state index in [1.54, 1.807) is 17.4 Å². The summed E-state index contributed by atoms with van der Waals surface area (Å²) in [5.74, 6) is 2.24. The Morgan fingerprint density at radius 2 is 1.95 bits per heavy atom. The molecule has 2 heterocycles. The Morgan fingerprint density at radius 1 is 1.21 bits per heavy atom. The third-order valence-electron chi connectivity index (χ3n) is 2.65. The van der Waals surface area contributed by atoms with E-state index in [9.17, 15) is 0 Å². The molecule has 0 saturated carbocycles. The molecule has 0 aliphatic rings. The van der Waals surface area contributed by atoms with E-state index in [4.69, 9.17) is 5.73 Å². The van der Waals surface area contributed by atoms with Crippen molar-refractivity contribution in [1.82, 2.24) is 15.0 Å². The molecule has 0 bridgehead atoms. The Balaban J connectivity index is 2.18. The van der Waals surface area contributed by atoms with Crippen LogP contribution in [-0.4, -0.2) is 15.0 Å². The molecule has 0 radical (unpaired) electrons. The molecule has 5 nitrogen and oxygen atoms in total. The van der Waals surface area contributed by atoms with Crippen molar-refractivity contribution in [1.29, 1.82) is 0 Å². The Labute approximate surface area is 117 Å². The van der Waals surface area contributed by atoms with Crippen molar-refractivity contribution in [3.8, 4) is 0 Å². The van der Waals surface area contributed by atoms with Crippen LogP contribution in [0.3, 0.4) is 0 Å². The van der Waals surface area contributed by atoms with E-state index in [1.807, 2.05) is 26.2 Å². The van der Waals surface area contributed by atoms with Crippen LogP contribution in [0.5, 0.6) is 0 Å². The first-order valence-electron chi connectivity index (χ1n) is 6.28. The first kappa shape index (κ1) is 13.7. The van der Waals surface area contributed by atoms with E-state index < -0.39 is 0 Å². The Hall–Kier alpha value is -1.69. The monoisotopic (exact) mass is 277 g/mol. The van der Waals surface area contributed by atoms with Gasteiger partial charge in [-0.2, -0.15) is 0 Å². The zero-order chi connectivity index (χ0) is 14.0. The SMILES string of the molecule is Cc1csc(C(C)Nc2cc(N)nc(C(C)C)n2)n1. The van der Waals surface area contributed by atoms with Crippen LogP contribution in [0.4, 0.5) is 11.6 Å². The molecule has 19 heavy (non-hydrogen) atoms. The molecule has 0 spiro atoms. The largest absolute Gasteiger partial charge is 0.384 e. The van der Waals surface area contributed by atoms with Crippen LogP contribution in [-0.2, 0) is 0 Å². The molecule has 2 aromatic heterocycles.